The molecule has 1 amide bonds. The van der Waals surface area contributed by atoms with Crippen LogP contribution in [0.3, 0.4) is 0 Å². The lowest BCUT2D eigenvalue weighted by molar-refractivity contribution is -0.142. The molecule has 33 heavy (non-hydrogen) atoms. The summed E-state index contributed by atoms with van der Waals surface area (Å²) in [6.07, 6.45) is -1.14. The van der Waals surface area contributed by atoms with Gasteiger partial charge in [-0.3, -0.25) is 4.79 Å². The number of piperidine rings is 1. The third-order valence-electron chi connectivity index (χ3n) is 5.98. The van der Waals surface area contributed by atoms with Gasteiger partial charge in [-0.2, -0.15) is 18.3 Å². The van der Waals surface area contributed by atoms with Crippen molar-refractivity contribution in [1.29, 1.82) is 0 Å². The molecule has 7 nitrogen and oxygen atoms in total. The van der Waals surface area contributed by atoms with E-state index in [2.05, 4.69) is 10.1 Å². The van der Waals surface area contributed by atoms with Crippen LogP contribution >= 0.6 is 0 Å². The highest BCUT2D eigenvalue weighted by Gasteiger charge is 2.36. The number of carbonyl (C=O) groups excluding carboxylic acids is 1. The van der Waals surface area contributed by atoms with Gasteiger partial charge in [-0.25, -0.2) is 9.50 Å². The molecule has 4 rings (SSSR count). The Hall–Kier alpha value is -3.30. The number of hydrogen-bond acceptors (Lipinski definition) is 5. The molecule has 0 bridgehead atoms. The molecule has 1 fully saturated rings. The van der Waals surface area contributed by atoms with Crippen LogP contribution in [0.5, 0.6) is 11.5 Å². The second kappa shape index (κ2) is 8.92. The maximum Gasteiger partial charge on any atom is 0.433 e. The van der Waals surface area contributed by atoms with E-state index in [0.29, 0.717) is 28.1 Å². The molecular formula is C23H25F3N4O3. The number of fused-ring (bicyclic) bond motifs is 1. The second-order valence-corrected chi connectivity index (χ2v) is 7.95. The van der Waals surface area contributed by atoms with Crippen molar-refractivity contribution in [3.8, 4) is 22.8 Å². The minimum atomic E-state index is -4.70. The van der Waals surface area contributed by atoms with Gasteiger partial charge in [-0.15, -0.1) is 0 Å². The van der Waals surface area contributed by atoms with Crippen LogP contribution in [0, 0.1) is 0 Å². The third kappa shape index (κ3) is 4.34. The van der Waals surface area contributed by atoms with Crippen LogP contribution in [0.25, 0.3) is 16.9 Å². The van der Waals surface area contributed by atoms with Crippen molar-refractivity contribution in [2.45, 2.75) is 44.8 Å². The van der Waals surface area contributed by atoms with E-state index in [9.17, 15) is 18.0 Å². The average molecular weight is 462 g/mol. The fourth-order valence-electron chi connectivity index (χ4n) is 4.26. The summed E-state index contributed by atoms with van der Waals surface area (Å²) in [4.78, 5) is 19.2. The predicted octanol–water partition coefficient (Wildman–Crippen LogP) is 4.84. The average Bonchev–Trinajstić information content (AvgIpc) is 3.25. The van der Waals surface area contributed by atoms with Gasteiger partial charge < -0.3 is 14.4 Å². The van der Waals surface area contributed by atoms with E-state index < -0.39 is 11.9 Å². The Kier molecular flexibility index (Phi) is 6.18. The Balaban J connectivity index is 1.81. The maximum absolute atomic E-state index is 13.9. The Morgan fingerprint density at radius 2 is 1.88 bits per heavy atom. The van der Waals surface area contributed by atoms with Gasteiger partial charge in [0.05, 0.1) is 19.9 Å². The molecule has 1 aromatic carbocycles. The number of likely N-dealkylation sites (tertiary alicyclic amines) is 1. The third-order valence-corrected chi connectivity index (χ3v) is 5.98. The summed E-state index contributed by atoms with van der Waals surface area (Å²) in [5.41, 5.74) is -0.612. The number of ether oxygens (including phenoxy) is 2. The number of alkyl halides is 3. The molecule has 0 aliphatic carbocycles. The summed E-state index contributed by atoms with van der Waals surface area (Å²) in [6, 6.07) is 7.06. The van der Waals surface area contributed by atoms with Crippen LogP contribution in [0.4, 0.5) is 13.2 Å². The first-order chi connectivity index (χ1) is 15.8. The molecule has 1 atom stereocenters. The van der Waals surface area contributed by atoms with E-state index >= 15 is 0 Å². The predicted molar refractivity (Wildman–Crippen MR) is 115 cm³/mol. The van der Waals surface area contributed by atoms with Gasteiger partial charge in [-0.05, 0) is 49.9 Å². The minimum Gasteiger partial charge on any atom is -0.493 e. The monoisotopic (exact) mass is 462 g/mol. The van der Waals surface area contributed by atoms with Gasteiger partial charge in [0, 0.05) is 24.2 Å². The molecule has 0 N–H and O–H groups in total. The summed E-state index contributed by atoms with van der Waals surface area (Å²) in [7, 11) is 2.91. The second-order valence-electron chi connectivity index (χ2n) is 7.95. The Labute approximate surface area is 189 Å². The zero-order valence-electron chi connectivity index (χ0n) is 18.6. The first kappa shape index (κ1) is 22.9. The number of nitrogens with zero attached hydrogens (tertiary/aromatic N) is 4. The number of carbonyl (C=O) groups is 1. The largest absolute Gasteiger partial charge is 0.493 e. The fraction of sp³-hybridized carbons (Fsp3) is 0.435. The topological polar surface area (TPSA) is 69.0 Å². The minimum absolute atomic E-state index is 0.0437. The lowest BCUT2D eigenvalue weighted by atomic mass is 9.99. The first-order valence-electron chi connectivity index (χ1n) is 10.8. The van der Waals surface area contributed by atoms with Gasteiger partial charge in [-0.1, -0.05) is 6.92 Å². The first-order valence-corrected chi connectivity index (χ1v) is 10.8. The highest BCUT2D eigenvalue weighted by atomic mass is 19.4. The van der Waals surface area contributed by atoms with Crippen LogP contribution in [0.15, 0.2) is 30.3 Å². The van der Waals surface area contributed by atoms with Crippen molar-refractivity contribution in [3.63, 3.8) is 0 Å². The number of benzene rings is 1. The molecule has 1 saturated heterocycles. The fourth-order valence-corrected chi connectivity index (χ4v) is 4.26. The molecule has 2 aromatic heterocycles. The number of halogens is 3. The zero-order chi connectivity index (χ0) is 23.8. The van der Waals surface area contributed by atoms with Gasteiger partial charge in [0.2, 0.25) is 0 Å². The van der Waals surface area contributed by atoms with Crippen molar-refractivity contribution in [3.05, 3.63) is 41.7 Å². The van der Waals surface area contributed by atoms with E-state index in [4.69, 9.17) is 9.47 Å². The van der Waals surface area contributed by atoms with E-state index in [1.165, 1.54) is 20.3 Å². The molecule has 0 radical (unpaired) electrons. The molecule has 3 aromatic rings. The smallest absolute Gasteiger partial charge is 0.433 e. The van der Waals surface area contributed by atoms with Gasteiger partial charge in [0.1, 0.15) is 0 Å². The Morgan fingerprint density at radius 3 is 2.55 bits per heavy atom. The van der Waals surface area contributed by atoms with Gasteiger partial charge in [0.25, 0.3) is 5.91 Å². The van der Waals surface area contributed by atoms with Crippen molar-refractivity contribution >= 4 is 11.6 Å². The van der Waals surface area contributed by atoms with Crippen molar-refractivity contribution < 1.29 is 27.4 Å². The Morgan fingerprint density at radius 1 is 1.12 bits per heavy atom. The molecule has 0 saturated carbocycles. The standard InChI is InChI=1S/C23H25F3N4O3/c1-4-15-7-5-6-10-29(15)22(31)17-13-21-27-16(12-20(23(24,25)26)30(21)28-17)14-8-9-18(32-2)19(11-14)33-3/h8-9,11-13,15H,4-7,10H2,1-3H3/t15-/m0/s1. The lowest BCUT2D eigenvalue weighted by Crippen LogP contribution is -2.43. The summed E-state index contributed by atoms with van der Waals surface area (Å²) in [5, 5.41) is 4.02. The number of rotatable bonds is 5. The molecule has 1 aliphatic rings. The highest BCUT2D eigenvalue weighted by Crippen LogP contribution is 2.35. The van der Waals surface area contributed by atoms with Gasteiger partial charge in [0.15, 0.2) is 28.5 Å². The van der Waals surface area contributed by atoms with Gasteiger partial charge >= 0.3 is 6.18 Å². The zero-order valence-corrected chi connectivity index (χ0v) is 18.6. The lowest BCUT2D eigenvalue weighted by Gasteiger charge is -2.34. The van der Waals surface area contributed by atoms with Crippen molar-refractivity contribution in [2.24, 2.45) is 0 Å². The van der Waals surface area contributed by atoms with Crippen LogP contribution in [-0.4, -0.2) is 52.2 Å². The molecule has 3 heterocycles. The molecule has 176 valence electrons. The number of methoxy groups -OCH3 is 2. The highest BCUT2D eigenvalue weighted by molar-refractivity contribution is 5.93. The molecule has 1 aliphatic heterocycles. The van der Waals surface area contributed by atoms with E-state index in [0.717, 1.165) is 31.7 Å². The maximum atomic E-state index is 13.9. The normalized spacial score (nSPS) is 16.8. The quantitative estimate of drug-likeness (QED) is 0.543. The van der Waals surface area contributed by atoms with E-state index in [1.807, 2.05) is 6.92 Å². The van der Waals surface area contributed by atoms with E-state index in [-0.39, 0.29) is 29.0 Å². The molecule has 0 spiro atoms. The molecule has 10 heteroatoms. The molecular weight excluding hydrogens is 437 g/mol. The Bertz CT molecular complexity index is 1180. The summed E-state index contributed by atoms with van der Waals surface area (Å²) < 4.78 is 53.0. The number of aromatic nitrogens is 3. The number of amides is 1. The summed E-state index contributed by atoms with van der Waals surface area (Å²) in [6.45, 7) is 2.57. The summed E-state index contributed by atoms with van der Waals surface area (Å²) >= 11 is 0. The van der Waals surface area contributed by atoms with Crippen LogP contribution in [-0.2, 0) is 6.18 Å². The van der Waals surface area contributed by atoms with Crippen LogP contribution < -0.4 is 9.47 Å². The van der Waals surface area contributed by atoms with Crippen molar-refractivity contribution in [2.75, 3.05) is 20.8 Å². The number of hydrogen-bond donors (Lipinski definition) is 0. The molecule has 0 unspecified atom stereocenters. The van der Waals surface area contributed by atoms with E-state index in [1.54, 1.807) is 23.1 Å². The van der Waals surface area contributed by atoms with Crippen molar-refractivity contribution in [1.82, 2.24) is 19.5 Å². The SMILES string of the molecule is CC[C@H]1CCCCN1C(=O)c1cc2nc(-c3ccc(OC)c(OC)c3)cc(C(F)(F)F)n2n1. The summed E-state index contributed by atoms with van der Waals surface area (Å²) in [5.74, 6) is 0.445. The van der Waals surface area contributed by atoms with Crippen LogP contribution in [0.1, 0.15) is 48.8 Å². The van der Waals surface area contributed by atoms with Crippen LogP contribution in [0.2, 0.25) is 0 Å².